The SMILES string of the molecule is CC1COC(CO)CN1c1ccc(N)nn1. The van der Waals surface area contributed by atoms with Crippen LogP contribution in [0.2, 0.25) is 0 Å². The van der Waals surface area contributed by atoms with E-state index < -0.39 is 0 Å². The number of nitrogen functional groups attached to an aromatic ring is 1. The molecule has 0 aliphatic carbocycles. The molecule has 0 bridgehead atoms. The molecule has 1 aromatic rings. The van der Waals surface area contributed by atoms with Gasteiger partial charge >= 0.3 is 0 Å². The molecule has 0 aromatic carbocycles. The summed E-state index contributed by atoms with van der Waals surface area (Å²) in [5, 5.41) is 16.9. The molecule has 3 N–H and O–H groups in total. The van der Waals surface area contributed by atoms with Crippen molar-refractivity contribution in [2.45, 2.75) is 19.1 Å². The first-order valence-electron chi connectivity index (χ1n) is 5.29. The Labute approximate surface area is 94.0 Å². The maximum Gasteiger partial charge on any atom is 0.151 e. The van der Waals surface area contributed by atoms with E-state index in [-0.39, 0.29) is 18.8 Å². The molecule has 0 saturated carbocycles. The maximum absolute atomic E-state index is 9.08. The highest BCUT2D eigenvalue weighted by atomic mass is 16.5. The van der Waals surface area contributed by atoms with Crippen molar-refractivity contribution in [1.29, 1.82) is 0 Å². The summed E-state index contributed by atoms with van der Waals surface area (Å²) in [6, 6.07) is 3.78. The lowest BCUT2D eigenvalue weighted by Gasteiger charge is -2.37. The zero-order valence-electron chi connectivity index (χ0n) is 9.21. The van der Waals surface area contributed by atoms with Gasteiger partial charge in [0, 0.05) is 6.54 Å². The van der Waals surface area contributed by atoms with Gasteiger partial charge in [0.2, 0.25) is 0 Å². The molecule has 2 heterocycles. The fourth-order valence-electron chi connectivity index (χ4n) is 1.74. The molecule has 2 atom stereocenters. The third kappa shape index (κ3) is 2.23. The Morgan fingerprint density at radius 1 is 1.56 bits per heavy atom. The number of aliphatic hydroxyl groups is 1. The lowest BCUT2D eigenvalue weighted by Crippen LogP contribution is -2.50. The summed E-state index contributed by atoms with van der Waals surface area (Å²) < 4.78 is 5.45. The minimum atomic E-state index is -0.157. The molecule has 6 nitrogen and oxygen atoms in total. The number of aromatic nitrogens is 2. The molecule has 0 radical (unpaired) electrons. The lowest BCUT2D eigenvalue weighted by molar-refractivity contribution is -0.0106. The van der Waals surface area contributed by atoms with Crippen LogP contribution in [0.25, 0.3) is 0 Å². The molecule has 2 unspecified atom stereocenters. The number of morpholine rings is 1. The Morgan fingerprint density at radius 2 is 2.38 bits per heavy atom. The first-order valence-corrected chi connectivity index (χ1v) is 5.29. The smallest absolute Gasteiger partial charge is 0.151 e. The van der Waals surface area contributed by atoms with Crippen molar-refractivity contribution in [3.63, 3.8) is 0 Å². The standard InChI is InChI=1S/C10H16N4O2/c1-7-6-16-8(5-15)4-14(7)10-3-2-9(11)12-13-10/h2-3,7-8,15H,4-6H2,1H3,(H2,11,12). The largest absolute Gasteiger partial charge is 0.394 e. The van der Waals surface area contributed by atoms with Crippen molar-refractivity contribution >= 4 is 11.6 Å². The third-order valence-corrected chi connectivity index (χ3v) is 2.67. The summed E-state index contributed by atoms with van der Waals surface area (Å²) in [5.74, 6) is 1.17. The molecular weight excluding hydrogens is 208 g/mol. The third-order valence-electron chi connectivity index (χ3n) is 2.67. The van der Waals surface area contributed by atoms with E-state index in [0.29, 0.717) is 19.0 Å². The summed E-state index contributed by atoms with van der Waals surface area (Å²) in [6.07, 6.45) is -0.157. The Balaban J connectivity index is 2.14. The summed E-state index contributed by atoms with van der Waals surface area (Å²) >= 11 is 0. The van der Waals surface area contributed by atoms with E-state index in [1.165, 1.54) is 0 Å². The normalized spacial score (nSPS) is 25.8. The fourth-order valence-corrected chi connectivity index (χ4v) is 1.74. The second-order valence-electron chi connectivity index (χ2n) is 3.96. The summed E-state index contributed by atoms with van der Waals surface area (Å²) in [6.45, 7) is 3.27. The van der Waals surface area contributed by atoms with Gasteiger partial charge in [-0.25, -0.2) is 0 Å². The van der Waals surface area contributed by atoms with Gasteiger partial charge < -0.3 is 20.5 Å². The highest BCUT2D eigenvalue weighted by Gasteiger charge is 2.26. The predicted molar refractivity (Wildman–Crippen MR) is 60.1 cm³/mol. The number of aliphatic hydroxyl groups excluding tert-OH is 1. The topological polar surface area (TPSA) is 84.5 Å². The minimum absolute atomic E-state index is 0.0195. The molecule has 2 rings (SSSR count). The molecule has 6 heteroatoms. The van der Waals surface area contributed by atoms with Crippen LogP contribution in [0.15, 0.2) is 12.1 Å². The molecule has 1 aromatic heterocycles. The Bertz CT molecular complexity index is 343. The summed E-state index contributed by atoms with van der Waals surface area (Å²) in [7, 11) is 0. The second-order valence-corrected chi connectivity index (χ2v) is 3.96. The first kappa shape index (κ1) is 11.1. The number of hydrogen-bond acceptors (Lipinski definition) is 6. The van der Waals surface area contributed by atoms with E-state index >= 15 is 0 Å². The first-order chi connectivity index (χ1) is 7.70. The summed E-state index contributed by atoms with van der Waals surface area (Å²) in [4.78, 5) is 2.07. The van der Waals surface area contributed by atoms with Gasteiger partial charge in [-0.3, -0.25) is 0 Å². The van der Waals surface area contributed by atoms with Crippen molar-refractivity contribution in [1.82, 2.24) is 10.2 Å². The van der Waals surface area contributed by atoms with Crippen molar-refractivity contribution in [2.75, 3.05) is 30.4 Å². The highest BCUT2D eigenvalue weighted by Crippen LogP contribution is 2.19. The van der Waals surface area contributed by atoms with Gasteiger partial charge in [0.15, 0.2) is 5.82 Å². The van der Waals surface area contributed by atoms with Gasteiger partial charge in [0.05, 0.1) is 25.4 Å². The van der Waals surface area contributed by atoms with Crippen LogP contribution >= 0.6 is 0 Å². The van der Waals surface area contributed by atoms with Gasteiger partial charge in [0.1, 0.15) is 5.82 Å². The molecule has 1 aliphatic heterocycles. The summed E-state index contributed by atoms with van der Waals surface area (Å²) in [5.41, 5.74) is 5.49. The van der Waals surface area contributed by atoms with Crippen molar-refractivity contribution < 1.29 is 9.84 Å². The second kappa shape index (κ2) is 4.63. The minimum Gasteiger partial charge on any atom is -0.394 e. The van der Waals surface area contributed by atoms with Crippen LogP contribution in [0.3, 0.4) is 0 Å². The molecule has 1 fully saturated rings. The van der Waals surface area contributed by atoms with Crippen LogP contribution in [0, 0.1) is 0 Å². The Morgan fingerprint density at radius 3 is 3.00 bits per heavy atom. The number of ether oxygens (including phenoxy) is 1. The average Bonchev–Trinajstić information content (AvgIpc) is 2.31. The number of rotatable bonds is 2. The number of nitrogens with zero attached hydrogens (tertiary/aromatic N) is 3. The van der Waals surface area contributed by atoms with E-state index in [1.807, 2.05) is 13.0 Å². The van der Waals surface area contributed by atoms with E-state index in [4.69, 9.17) is 15.6 Å². The highest BCUT2D eigenvalue weighted by molar-refractivity contribution is 5.42. The van der Waals surface area contributed by atoms with E-state index in [9.17, 15) is 0 Å². The fraction of sp³-hybridized carbons (Fsp3) is 0.600. The van der Waals surface area contributed by atoms with Crippen LogP contribution in [-0.4, -0.2) is 47.2 Å². The van der Waals surface area contributed by atoms with Crippen molar-refractivity contribution in [3.05, 3.63) is 12.1 Å². The molecule has 1 aliphatic rings. The van der Waals surface area contributed by atoms with Crippen LogP contribution in [0.1, 0.15) is 6.92 Å². The van der Waals surface area contributed by atoms with Crippen molar-refractivity contribution in [3.8, 4) is 0 Å². The average molecular weight is 224 g/mol. The van der Waals surface area contributed by atoms with E-state index in [2.05, 4.69) is 15.1 Å². The number of hydrogen-bond donors (Lipinski definition) is 2. The molecule has 0 spiro atoms. The zero-order valence-corrected chi connectivity index (χ0v) is 9.21. The van der Waals surface area contributed by atoms with Crippen LogP contribution in [0.4, 0.5) is 11.6 Å². The van der Waals surface area contributed by atoms with E-state index in [1.54, 1.807) is 6.07 Å². The van der Waals surface area contributed by atoms with Crippen LogP contribution in [-0.2, 0) is 4.74 Å². The molecule has 0 amide bonds. The molecule has 88 valence electrons. The monoisotopic (exact) mass is 224 g/mol. The van der Waals surface area contributed by atoms with Gasteiger partial charge in [-0.1, -0.05) is 0 Å². The van der Waals surface area contributed by atoms with Gasteiger partial charge in [0.25, 0.3) is 0 Å². The molecule has 1 saturated heterocycles. The van der Waals surface area contributed by atoms with Crippen LogP contribution < -0.4 is 10.6 Å². The lowest BCUT2D eigenvalue weighted by atomic mass is 10.2. The Kier molecular flexibility index (Phi) is 3.21. The maximum atomic E-state index is 9.08. The number of nitrogens with two attached hydrogens (primary N) is 1. The van der Waals surface area contributed by atoms with Crippen LogP contribution in [0.5, 0.6) is 0 Å². The molecular formula is C10H16N4O2. The van der Waals surface area contributed by atoms with E-state index in [0.717, 1.165) is 5.82 Å². The predicted octanol–water partition coefficient (Wildman–Crippen LogP) is -0.355. The molecule has 16 heavy (non-hydrogen) atoms. The number of anilines is 2. The quantitative estimate of drug-likeness (QED) is 0.714. The van der Waals surface area contributed by atoms with Gasteiger partial charge in [-0.2, -0.15) is 0 Å². The zero-order chi connectivity index (χ0) is 11.5. The van der Waals surface area contributed by atoms with Crippen molar-refractivity contribution in [2.24, 2.45) is 0 Å². The Hall–Kier alpha value is -1.40. The van der Waals surface area contributed by atoms with Gasteiger partial charge in [-0.05, 0) is 19.1 Å². The van der Waals surface area contributed by atoms with Gasteiger partial charge in [-0.15, -0.1) is 10.2 Å².